The van der Waals surface area contributed by atoms with Gasteiger partial charge in [-0.15, -0.1) is 0 Å². The van der Waals surface area contributed by atoms with Gasteiger partial charge in [0.1, 0.15) is 11.8 Å². The summed E-state index contributed by atoms with van der Waals surface area (Å²) in [7, 11) is 0. The van der Waals surface area contributed by atoms with Crippen molar-refractivity contribution in [3.05, 3.63) is 36.2 Å². The summed E-state index contributed by atoms with van der Waals surface area (Å²) in [6.07, 6.45) is -2.02. The van der Waals surface area contributed by atoms with Crippen LogP contribution in [-0.4, -0.2) is 73.7 Å². The van der Waals surface area contributed by atoms with E-state index in [9.17, 15) is 27.2 Å². The number of hydrogen-bond donors (Lipinski definition) is 3. The largest absolute Gasteiger partial charge is 0.442 e. The van der Waals surface area contributed by atoms with Gasteiger partial charge in [-0.1, -0.05) is 0 Å². The molecule has 10 nitrogen and oxygen atoms in total. The van der Waals surface area contributed by atoms with E-state index in [0.29, 0.717) is 0 Å². The summed E-state index contributed by atoms with van der Waals surface area (Å²) >= 11 is 0. The number of rotatable bonds is 6. The molecule has 3 rings (SSSR count). The Kier molecular flexibility index (Phi) is 7.25. The van der Waals surface area contributed by atoms with Crippen molar-refractivity contribution in [1.29, 1.82) is 0 Å². The standard InChI is InChI=1S/C18H23F4N7O3/c19-13-7-11(28-10-12(32-18(28)31)9-27(24)3-1-23)8-14(20)15(13)29-6-5-26(4-2-25-29)17(30)16(21)22/h1,3,7-8,12,16,25H,2,4-6,9-10,23-24H2/b3-1-/t12-/m0/s1. The summed E-state index contributed by atoms with van der Waals surface area (Å²) in [5, 5.41) is 2.32. The van der Waals surface area contributed by atoms with Crippen molar-refractivity contribution < 1.29 is 31.9 Å². The molecule has 32 heavy (non-hydrogen) atoms. The summed E-state index contributed by atoms with van der Waals surface area (Å²) in [6, 6.07) is 1.94. The van der Waals surface area contributed by atoms with Gasteiger partial charge in [-0.3, -0.25) is 9.69 Å². The maximum atomic E-state index is 14.8. The minimum atomic E-state index is -3.16. The van der Waals surface area contributed by atoms with Crippen LogP contribution in [0.1, 0.15) is 0 Å². The number of cyclic esters (lactones) is 1. The molecule has 2 aliphatic rings. The van der Waals surface area contributed by atoms with Crippen LogP contribution in [0.5, 0.6) is 0 Å². The second-order valence-electron chi connectivity index (χ2n) is 7.10. The van der Waals surface area contributed by atoms with Crippen LogP contribution in [0, 0.1) is 11.6 Å². The minimum Gasteiger partial charge on any atom is -0.442 e. The summed E-state index contributed by atoms with van der Waals surface area (Å²) in [6.45, 7) is -0.170. The highest BCUT2D eigenvalue weighted by atomic mass is 19.3. The van der Waals surface area contributed by atoms with Gasteiger partial charge >= 0.3 is 12.5 Å². The fraction of sp³-hybridized carbons (Fsp3) is 0.444. The number of carbonyl (C=O) groups is 2. The molecule has 0 radical (unpaired) electrons. The van der Waals surface area contributed by atoms with Gasteiger partial charge in [-0.2, -0.15) is 8.78 Å². The number of halogens is 4. The van der Waals surface area contributed by atoms with Gasteiger partial charge in [0.15, 0.2) is 11.6 Å². The smallest absolute Gasteiger partial charge is 0.414 e. The Morgan fingerprint density at radius 2 is 1.97 bits per heavy atom. The first-order valence-corrected chi connectivity index (χ1v) is 9.66. The molecule has 1 aromatic rings. The summed E-state index contributed by atoms with van der Waals surface area (Å²) in [5.41, 5.74) is 7.44. The number of nitrogens with two attached hydrogens (primary N) is 2. The lowest BCUT2D eigenvalue weighted by molar-refractivity contribution is -0.142. The van der Waals surface area contributed by atoms with Crippen LogP contribution >= 0.6 is 0 Å². The van der Waals surface area contributed by atoms with Crippen LogP contribution in [0.15, 0.2) is 24.5 Å². The lowest BCUT2D eigenvalue weighted by Crippen LogP contribution is -2.40. The Morgan fingerprint density at radius 1 is 1.28 bits per heavy atom. The first-order valence-electron chi connectivity index (χ1n) is 9.66. The van der Waals surface area contributed by atoms with E-state index in [1.807, 2.05) is 0 Å². The highest BCUT2D eigenvalue weighted by Gasteiger charge is 2.34. The first-order chi connectivity index (χ1) is 15.2. The third-order valence-corrected chi connectivity index (χ3v) is 4.93. The summed E-state index contributed by atoms with van der Waals surface area (Å²) in [5.74, 6) is 2.35. The molecule has 2 heterocycles. The molecule has 2 aliphatic heterocycles. The highest BCUT2D eigenvalue weighted by Crippen LogP contribution is 2.30. The molecule has 0 aromatic heterocycles. The monoisotopic (exact) mass is 461 g/mol. The maximum Gasteiger partial charge on any atom is 0.414 e. The third kappa shape index (κ3) is 5.13. The number of ether oxygens (including phenoxy) is 1. The van der Waals surface area contributed by atoms with Crippen LogP contribution in [0.2, 0.25) is 0 Å². The van der Waals surface area contributed by atoms with Crippen LogP contribution in [0.4, 0.5) is 33.7 Å². The fourth-order valence-electron chi connectivity index (χ4n) is 3.48. The lowest BCUT2D eigenvalue weighted by Gasteiger charge is -2.25. The van der Waals surface area contributed by atoms with Crippen LogP contribution < -0.4 is 26.9 Å². The normalized spacial score (nSPS) is 19.6. The molecule has 5 N–H and O–H groups in total. The molecular weight excluding hydrogens is 438 g/mol. The predicted molar refractivity (Wildman–Crippen MR) is 106 cm³/mol. The lowest BCUT2D eigenvalue weighted by atomic mass is 10.2. The Hall–Kier alpha value is -3.26. The Labute approximate surface area is 180 Å². The predicted octanol–water partition coefficient (Wildman–Crippen LogP) is 0.314. The number of anilines is 2. The highest BCUT2D eigenvalue weighted by molar-refractivity contribution is 5.90. The van der Waals surface area contributed by atoms with Gasteiger partial charge in [0.25, 0.3) is 5.91 Å². The molecule has 14 heteroatoms. The number of alkyl halides is 2. The van der Waals surface area contributed by atoms with Crippen molar-refractivity contribution in [3.63, 3.8) is 0 Å². The SMILES string of the molecule is N/C=C\N(N)C[C@H]1CN(c2cc(F)c(N3CCN(C(=O)C(F)F)CCN3)c(F)c2)C(=O)O1. The fourth-order valence-corrected chi connectivity index (χ4v) is 3.48. The van der Waals surface area contributed by atoms with Gasteiger partial charge in [-0.25, -0.2) is 24.8 Å². The molecule has 0 saturated carbocycles. The van der Waals surface area contributed by atoms with E-state index in [0.717, 1.165) is 26.9 Å². The number of nitrogens with zero attached hydrogens (tertiary/aromatic N) is 4. The average molecular weight is 461 g/mol. The molecule has 0 spiro atoms. The molecule has 0 aliphatic carbocycles. The van der Waals surface area contributed by atoms with Gasteiger partial charge in [-0.05, 0) is 0 Å². The Balaban J connectivity index is 1.73. The molecule has 0 unspecified atom stereocenters. The molecule has 2 fully saturated rings. The van der Waals surface area contributed by atoms with E-state index in [2.05, 4.69) is 5.43 Å². The van der Waals surface area contributed by atoms with Crippen molar-refractivity contribution in [1.82, 2.24) is 15.3 Å². The summed E-state index contributed by atoms with van der Waals surface area (Å²) in [4.78, 5) is 25.6. The van der Waals surface area contributed by atoms with Crippen LogP contribution in [-0.2, 0) is 9.53 Å². The molecule has 0 bridgehead atoms. The number of benzene rings is 1. The number of hydrazine groups is 2. The minimum absolute atomic E-state index is 0.00976. The Morgan fingerprint density at radius 3 is 2.59 bits per heavy atom. The number of amides is 2. The number of nitrogens with one attached hydrogen (secondary N) is 1. The maximum absolute atomic E-state index is 14.8. The van der Waals surface area contributed by atoms with Gasteiger partial charge in [0.05, 0.1) is 25.3 Å². The number of hydrogen-bond acceptors (Lipinski definition) is 8. The van der Waals surface area contributed by atoms with E-state index in [4.69, 9.17) is 16.3 Å². The van der Waals surface area contributed by atoms with Crippen molar-refractivity contribution in [2.24, 2.45) is 11.6 Å². The zero-order valence-corrected chi connectivity index (χ0v) is 16.9. The van der Waals surface area contributed by atoms with Crippen molar-refractivity contribution in [3.8, 4) is 0 Å². The molecular formula is C18H23F4N7O3. The zero-order chi connectivity index (χ0) is 23.4. The zero-order valence-electron chi connectivity index (χ0n) is 16.9. The second kappa shape index (κ2) is 9.91. The quantitative estimate of drug-likeness (QED) is 0.315. The molecule has 176 valence electrons. The van der Waals surface area contributed by atoms with Crippen molar-refractivity contribution in [2.75, 3.05) is 49.2 Å². The van der Waals surface area contributed by atoms with E-state index >= 15 is 0 Å². The second-order valence-corrected chi connectivity index (χ2v) is 7.10. The molecule has 2 amide bonds. The summed E-state index contributed by atoms with van der Waals surface area (Å²) < 4.78 is 60.2. The van der Waals surface area contributed by atoms with Gasteiger partial charge in [0.2, 0.25) is 0 Å². The topological polar surface area (TPSA) is 120 Å². The van der Waals surface area contributed by atoms with Crippen LogP contribution in [0.25, 0.3) is 0 Å². The van der Waals surface area contributed by atoms with Crippen molar-refractivity contribution >= 4 is 23.4 Å². The van der Waals surface area contributed by atoms with Crippen LogP contribution in [0.3, 0.4) is 0 Å². The van der Waals surface area contributed by atoms with E-state index in [1.165, 1.54) is 17.4 Å². The third-order valence-electron chi connectivity index (χ3n) is 4.93. The molecule has 2 saturated heterocycles. The molecule has 1 atom stereocenters. The average Bonchev–Trinajstić information content (AvgIpc) is 2.92. The number of carbonyl (C=O) groups excluding carboxylic acids is 2. The Bertz CT molecular complexity index is 865. The van der Waals surface area contributed by atoms with E-state index < -0.39 is 41.9 Å². The first kappa shape index (κ1) is 23.4. The van der Waals surface area contributed by atoms with E-state index in [-0.39, 0.29) is 45.0 Å². The van der Waals surface area contributed by atoms with Gasteiger partial charge in [0, 0.05) is 44.2 Å². The van der Waals surface area contributed by atoms with Gasteiger partial charge < -0.3 is 25.4 Å². The van der Waals surface area contributed by atoms with Crippen molar-refractivity contribution in [2.45, 2.75) is 12.5 Å². The molecule has 1 aromatic carbocycles. The van der Waals surface area contributed by atoms with E-state index in [1.54, 1.807) is 0 Å².